The normalized spacial score (nSPS) is 17.8. The number of carbonyl (C=O) groups excluding carboxylic acids is 2. The van der Waals surface area contributed by atoms with Crippen LogP contribution in [0.25, 0.3) is 0 Å². The average Bonchev–Trinajstić information content (AvgIpc) is 2.96. The van der Waals surface area contributed by atoms with E-state index in [0.29, 0.717) is 0 Å². The number of rotatable bonds is 3. The van der Waals surface area contributed by atoms with Crippen LogP contribution in [-0.4, -0.2) is 54.1 Å². The van der Waals surface area contributed by atoms with Gasteiger partial charge < -0.3 is 14.2 Å². The molecule has 0 aromatic heterocycles. The summed E-state index contributed by atoms with van der Waals surface area (Å²) in [7, 11) is 1.54. The minimum Gasteiger partial charge on any atom is -0.443 e. The Morgan fingerprint density at radius 1 is 1.08 bits per heavy atom. The van der Waals surface area contributed by atoms with Crippen LogP contribution >= 0.6 is 0 Å². The summed E-state index contributed by atoms with van der Waals surface area (Å²) in [5.74, 6) is 0. The van der Waals surface area contributed by atoms with Crippen LogP contribution in [0.5, 0.6) is 0 Å². The molecule has 1 fully saturated rings. The van der Waals surface area contributed by atoms with Crippen molar-refractivity contribution in [3.05, 3.63) is 35.9 Å². The van der Waals surface area contributed by atoms with Crippen LogP contribution < -0.4 is 0 Å². The zero-order chi connectivity index (χ0) is 17.7. The van der Waals surface area contributed by atoms with Gasteiger partial charge in [0.15, 0.2) is 0 Å². The summed E-state index contributed by atoms with van der Waals surface area (Å²) in [4.78, 5) is 24.7. The lowest BCUT2D eigenvalue weighted by molar-refractivity contribution is -0.0267. The summed E-state index contributed by atoms with van der Waals surface area (Å²) in [6.07, 6.45) is -1.48. The predicted octanol–water partition coefficient (Wildman–Crippen LogP) is 2.81. The van der Waals surface area contributed by atoms with Crippen molar-refractivity contribution in [2.75, 3.05) is 20.2 Å². The first kappa shape index (κ1) is 18.1. The molecule has 2 amide bonds. The summed E-state index contributed by atoms with van der Waals surface area (Å²) in [6, 6.07) is 9.35. The highest BCUT2D eigenvalue weighted by atomic mass is 16.6. The number of benzene rings is 1. The van der Waals surface area contributed by atoms with E-state index in [4.69, 9.17) is 14.2 Å². The molecule has 1 unspecified atom stereocenters. The highest BCUT2D eigenvalue weighted by Crippen LogP contribution is 2.19. The molecule has 7 nitrogen and oxygen atoms in total. The lowest BCUT2D eigenvalue weighted by atomic mass is 10.2. The molecule has 132 valence electrons. The van der Waals surface area contributed by atoms with E-state index in [9.17, 15) is 9.59 Å². The quantitative estimate of drug-likeness (QED) is 0.849. The van der Waals surface area contributed by atoms with Gasteiger partial charge in [-0.15, -0.1) is 0 Å². The molecule has 1 aromatic carbocycles. The van der Waals surface area contributed by atoms with Crippen LogP contribution in [0.15, 0.2) is 30.3 Å². The Morgan fingerprint density at radius 3 is 2.21 bits per heavy atom. The molecular weight excluding hydrogens is 312 g/mol. The second-order valence-corrected chi connectivity index (χ2v) is 6.54. The fraction of sp³-hybridized carbons (Fsp3) is 0.529. The van der Waals surface area contributed by atoms with Crippen molar-refractivity contribution in [3.8, 4) is 0 Å². The van der Waals surface area contributed by atoms with Crippen LogP contribution in [0.1, 0.15) is 26.3 Å². The molecule has 1 aliphatic heterocycles. The molecule has 0 saturated carbocycles. The van der Waals surface area contributed by atoms with E-state index in [2.05, 4.69) is 0 Å². The van der Waals surface area contributed by atoms with E-state index in [0.717, 1.165) is 5.56 Å². The minimum absolute atomic E-state index is 0.135. The van der Waals surface area contributed by atoms with Crippen LogP contribution in [-0.2, 0) is 20.8 Å². The second-order valence-electron chi connectivity index (χ2n) is 6.54. The summed E-state index contributed by atoms with van der Waals surface area (Å²) in [6.45, 7) is 5.93. The van der Waals surface area contributed by atoms with Gasteiger partial charge in [0.2, 0.25) is 0 Å². The van der Waals surface area contributed by atoms with Crippen LogP contribution in [0.2, 0.25) is 0 Å². The number of hydrogen-bond acceptors (Lipinski definition) is 5. The maximum atomic E-state index is 12.4. The Balaban J connectivity index is 2.01. The van der Waals surface area contributed by atoms with Crippen molar-refractivity contribution in [1.29, 1.82) is 0 Å². The van der Waals surface area contributed by atoms with Gasteiger partial charge >= 0.3 is 12.2 Å². The van der Waals surface area contributed by atoms with Crippen molar-refractivity contribution in [1.82, 2.24) is 10.0 Å². The molecule has 1 aromatic rings. The zero-order valence-corrected chi connectivity index (χ0v) is 14.5. The van der Waals surface area contributed by atoms with Gasteiger partial charge in [-0.1, -0.05) is 30.3 Å². The van der Waals surface area contributed by atoms with Crippen molar-refractivity contribution in [2.45, 2.75) is 39.1 Å². The minimum atomic E-state index is -0.651. The summed E-state index contributed by atoms with van der Waals surface area (Å²) >= 11 is 0. The number of nitrogens with zero attached hydrogens (tertiary/aromatic N) is 2. The molecule has 0 aliphatic carbocycles. The molecule has 1 atom stereocenters. The number of ether oxygens (including phenoxy) is 3. The van der Waals surface area contributed by atoms with Gasteiger partial charge in [0, 0.05) is 7.11 Å². The average molecular weight is 336 g/mol. The number of hydrazine groups is 1. The Hall–Kier alpha value is -2.28. The monoisotopic (exact) mass is 336 g/mol. The largest absolute Gasteiger partial charge is 0.443 e. The molecule has 7 heteroatoms. The molecule has 0 spiro atoms. The molecule has 2 rings (SSSR count). The van der Waals surface area contributed by atoms with Crippen molar-refractivity contribution >= 4 is 12.2 Å². The van der Waals surface area contributed by atoms with Crippen LogP contribution in [0, 0.1) is 0 Å². The number of hydrogen-bond donors (Lipinski definition) is 0. The van der Waals surface area contributed by atoms with Gasteiger partial charge in [0.25, 0.3) is 0 Å². The number of carbonyl (C=O) groups is 2. The first-order chi connectivity index (χ1) is 11.3. The molecule has 1 saturated heterocycles. The second kappa shape index (κ2) is 7.53. The molecular formula is C17H24N2O5. The SMILES string of the molecule is COC1CN(C(=O)OCc2ccccc2)N(C(=O)OC(C)(C)C)C1. The van der Waals surface area contributed by atoms with E-state index >= 15 is 0 Å². The maximum Gasteiger partial charge on any atom is 0.429 e. The smallest absolute Gasteiger partial charge is 0.429 e. The van der Waals surface area contributed by atoms with E-state index in [1.54, 1.807) is 20.8 Å². The molecule has 24 heavy (non-hydrogen) atoms. The van der Waals surface area contributed by atoms with Gasteiger partial charge in [0.05, 0.1) is 19.2 Å². The lowest BCUT2D eigenvalue weighted by Gasteiger charge is -2.29. The predicted molar refractivity (Wildman–Crippen MR) is 87.1 cm³/mol. The summed E-state index contributed by atoms with van der Waals surface area (Å²) < 4.78 is 15.9. The zero-order valence-electron chi connectivity index (χ0n) is 14.5. The third-order valence-electron chi connectivity index (χ3n) is 3.40. The van der Waals surface area contributed by atoms with Crippen molar-refractivity contribution in [2.24, 2.45) is 0 Å². The Kier molecular flexibility index (Phi) is 5.66. The first-order valence-electron chi connectivity index (χ1n) is 7.81. The fourth-order valence-electron chi connectivity index (χ4n) is 2.24. The molecule has 1 aliphatic rings. The fourth-order valence-corrected chi connectivity index (χ4v) is 2.24. The van der Waals surface area contributed by atoms with Crippen LogP contribution in [0.3, 0.4) is 0 Å². The molecule has 0 N–H and O–H groups in total. The highest BCUT2D eigenvalue weighted by molar-refractivity contribution is 5.75. The third kappa shape index (κ3) is 4.86. The summed E-state index contributed by atoms with van der Waals surface area (Å²) in [5, 5.41) is 2.46. The molecule has 1 heterocycles. The topological polar surface area (TPSA) is 68.3 Å². The van der Waals surface area contributed by atoms with Crippen LogP contribution in [0.4, 0.5) is 9.59 Å². The van der Waals surface area contributed by atoms with Gasteiger partial charge in [-0.2, -0.15) is 0 Å². The molecule has 0 radical (unpaired) electrons. The van der Waals surface area contributed by atoms with Gasteiger partial charge in [-0.05, 0) is 26.3 Å². The molecule has 0 bridgehead atoms. The first-order valence-corrected chi connectivity index (χ1v) is 7.81. The standard InChI is InChI=1S/C17H24N2O5/c1-17(2,3)24-16(21)19-11-14(22-4)10-18(19)15(20)23-12-13-8-6-5-7-9-13/h5-9,14H,10-12H2,1-4H3. The number of methoxy groups -OCH3 is 1. The van der Waals surface area contributed by atoms with E-state index in [-0.39, 0.29) is 25.8 Å². The van der Waals surface area contributed by atoms with Crippen molar-refractivity contribution in [3.63, 3.8) is 0 Å². The highest BCUT2D eigenvalue weighted by Gasteiger charge is 2.40. The van der Waals surface area contributed by atoms with E-state index < -0.39 is 17.8 Å². The Bertz CT molecular complexity index is 570. The van der Waals surface area contributed by atoms with Gasteiger partial charge in [-0.3, -0.25) is 0 Å². The van der Waals surface area contributed by atoms with E-state index in [1.165, 1.54) is 17.1 Å². The summed E-state index contributed by atoms with van der Waals surface area (Å²) in [5.41, 5.74) is 0.221. The number of amides is 2. The van der Waals surface area contributed by atoms with Gasteiger partial charge in [-0.25, -0.2) is 19.6 Å². The van der Waals surface area contributed by atoms with Crippen molar-refractivity contribution < 1.29 is 23.8 Å². The van der Waals surface area contributed by atoms with E-state index in [1.807, 2.05) is 30.3 Å². The lowest BCUT2D eigenvalue weighted by Crippen LogP contribution is -2.47. The van der Waals surface area contributed by atoms with Gasteiger partial charge in [0.1, 0.15) is 12.2 Å². The Labute approximate surface area is 142 Å². The Morgan fingerprint density at radius 2 is 1.67 bits per heavy atom. The third-order valence-corrected chi connectivity index (χ3v) is 3.40. The maximum absolute atomic E-state index is 12.4.